The fraction of sp³-hybridized carbons (Fsp3) is 0.659. The van der Waals surface area contributed by atoms with Gasteiger partial charge in [0.05, 0.1) is 5.25 Å². The molecule has 0 saturated heterocycles. The van der Waals surface area contributed by atoms with Gasteiger partial charge in [0.25, 0.3) is 0 Å². The van der Waals surface area contributed by atoms with E-state index in [-0.39, 0.29) is 40.4 Å². The molecule has 1 aromatic heterocycles. The van der Waals surface area contributed by atoms with Crippen molar-refractivity contribution < 1.29 is 49.1 Å². The number of carbonyl (C=O) groups is 5. The normalized spacial score (nSPS) is 25.8. The van der Waals surface area contributed by atoms with Crippen LogP contribution < -0.4 is 21.3 Å². The Kier molecular flexibility index (Phi) is 13.8. The first kappa shape index (κ1) is 42.8. The van der Waals surface area contributed by atoms with Gasteiger partial charge in [0.1, 0.15) is 17.7 Å². The minimum absolute atomic E-state index is 0.0600. The number of carbonyl (C=O) groups excluding carboxylic acids is 3. The van der Waals surface area contributed by atoms with Gasteiger partial charge in [0.2, 0.25) is 23.8 Å². The van der Waals surface area contributed by atoms with Gasteiger partial charge < -0.3 is 41.1 Å². The predicted octanol–water partition coefficient (Wildman–Crippen LogP) is 3.12. The number of allylic oxidation sites excluding steroid dienone is 1. The Bertz CT molecular complexity index is 1730. The lowest BCUT2D eigenvalue weighted by Crippen LogP contribution is -2.56. The molecule has 16 heteroatoms. The highest BCUT2D eigenvalue weighted by molar-refractivity contribution is 8.00. The van der Waals surface area contributed by atoms with Crippen molar-refractivity contribution in [2.45, 2.75) is 126 Å². The quantitative estimate of drug-likeness (QED) is 0.0681. The number of hydrogen-bond acceptors (Lipinski definition) is 12. The standard InChI is InChI=1S/C41H57N5O10S/c1-42-24-44-41(55,38(53)54)18-10-30(47)45-29(34(48)46-35(49)36(50)51)23-57-33-32-31-27(37(52)56-32)22-26(21-25-11-19-43-20-12-25)40(16-7-8-17-40)28(31)9-3-2-4-13-39(33)14-5-6-15-39/h11-12,19-20,22,27-29,33,35,42,44,49,55H,2-10,13-18,21,23-24H2,1H3,(H,45,47)(H,46,48)(H,50,51)(H,53,54)/t27-,28-,29+,33-,35+,41-/m1/s1. The maximum atomic E-state index is 14.1. The van der Waals surface area contributed by atoms with E-state index in [1.54, 1.807) is 19.4 Å². The second-order valence-electron chi connectivity index (χ2n) is 16.5. The molecule has 15 nitrogen and oxygen atoms in total. The second kappa shape index (κ2) is 18.4. The van der Waals surface area contributed by atoms with Crippen LogP contribution in [0.15, 0.2) is 47.5 Å². The molecular formula is C41H57N5O10S. The molecule has 5 aliphatic rings. The number of nitrogens with one attached hydrogen (secondary N) is 4. The molecule has 1 aliphatic heterocycles. The summed E-state index contributed by atoms with van der Waals surface area (Å²) in [4.78, 5) is 68.7. The molecule has 2 saturated carbocycles. The lowest BCUT2D eigenvalue weighted by atomic mass is 9.57. The number of ether oxygens (including phenoxy) is 1. The number of rotatable bonds is 16. The third kappa shape index (κ3) is 9.25. The monoisotopic (exact) mass is 811 g/mol. The number of nitrogens with zero attached hydrogens (tertiary/aromatic N) is 1. The van der Waals surface area contributed by atoms with Crippen LogP contribution in [0.3, 0.4) is 0 Å². The highest BCUT2D eigenvalue weighted by Crippen LogP contribution is 2.63. The van der Waals surface area contributed by atoms with E-state index in [4.69, 9.17) is 4.74 Å². The van der Waals surface area contributed by atoms with E-state index in [1.807, 2.05) is 12.1 Å². The number of amides is 2. The van der Waals surface area contributed by atoms with Crippen molar-refractivity contribution >= 4 is 41.5 Å². The van der Waals surface area contributed by atoms with E-state index in [0.717, 1.165) is 101 Å². The summed E-state index contributed by atoms with van der Waals surface area (Å²) in [6.07, 6.45) is 16.2. The van der Waals surface area contributed by atoms with Crippen LogP contribution in [0.2, 0.25) is 0 Å². The van der Waals surface area contributed by atoms with Gasteiger partial charge in [-0.1, -0.05) is 56.6 Å². The van der Waals surface area contributed by atoms with Gasteiger partial charge >= 0.3 is 17.9 Å². The van der Waals surface area contributed by atoms with Crippen LogP contribution in [-0.4, -0.2) is 97.8 Å². The van der Waals surface area contributed by atoms with Crippen molar-refractivity contribution in [3.63, 3.8) is 0 Å². The molecule has 0 aromatic carbocycles. The molecule has 57 heavy (non-hydrogen) atoms. The molecule has 8 N–H and O–H groups in total. The summed E-state index contributed by atoms with van der Waals surface area (Å²) in [5.41, 5.74) is 0.701. The molecule has 6 rings (SSSR count). The number of aliphatic hydroxyl groups excluding tert-OH is 1. The van der Waals surface area contributed by atoms with E-state index in [2.05, 4.69) is 32.3 Å². The maximum Gasteiger partial charge on any atom is 0.353 e. The number of thioether (sulfide) groups is 1. The molecule has 0 unspecified atom stereocenters. The molecule has 6 atom stereocenters. The largest absolute Gasteiger partial charge is 0.478 e. The third-order valence-corrected chi connectivity index (χ3v) is 14.6. The van der Waals surface area contributed by atoms with E-state index in [0.29, 0.717) is 5.76 Å². The average molecular weight is 812 g/mol. The van der Waals surface area contributed by atoms with Crippen LogP contribution in [0.5, 0.6) is 0 Å². The zero-order valence-electron chi connectivity index (χ0n) is 32.6. The van der Waals surface area contributed by atoms with Crippen LogP contribution in [0.25, 0.3) is 0 Å². The van der Waals surface area contributed by atoms with Crippen LogP contribution in [0, 0.1) is 22.7 Å². The number of carboxylic acid groups (broad SMARTS) is 2. The molecule has 312 valence electrons. The fourth-order valence-corrected chi connectivity index (χ4v) is 11.9. The first-order chi connectivity index (χ1) is 27.3. The average Bonchev–Trinajstić information content (AvgIpc) is 3.95. The van der Waals surface area contributed by atoms with Crippen molar-refractivity contribution in [2.24, 2.45) is 22.7 Å². The Hall–Kier alpha value is -3.83. The third-order valence-electron chi connectivity index (χ3n) is 13.1. The molecule has 2 amide bonds. The Balaban J connectivity index is 1.35. The number of aliphatic hydroxyl groups is 2. The Morgan fingerprint density at radius 3 is 2.30 bits per heavy atom. The van der Waals surface area contributed by atoms with Gasteiger partial charge in [-0.25, -0.2) is 9.59 Å². The summed E-state index contributed by atoms with van der Waals surface area (Å²) in [6.45, 7) is -0.0601. The first-order valence-electron chi connectivity index (χ1n) is 20.4. The summed E-state index contributed by atoms with van der Waals surface area (Å²) < 4.78 is 6.48. The maximum absolute atomic E-state index is 14.1. The van der Waals surface area contributed by atoms with Crippen molar-refractivity contribution in [3.8, 4) is 0 Å². The highest BCUT2D eigenvalue weighted by atomic mass is 32.2. The van der Waals surface area contributed by atoms with Gasteiger partial charge in [-0.3, -0.25) is 24.7 Å². The Morgan fingerprint density at radius 2 is 1.65 bits per heavy atom. The lowest BCUT2D eigenvalue weighted by molar-refractivity contribution is -0.164. The minimum Gasteiger partial charge on any atom is -0.478 e. The zero-order chi connectivity index (χ0) is 40.8. The number of aliphatic carboxylic acids is 2. The molecule has 0 radical (unpaired) electrons. The second-order valence-corrected chi connectivity index (χ2v) is 17.6. The van der Waals surface area contributed by atoms with Gasteiger partial charge in [0, 0.05) is 37.7 Å². The number of carboxylic acids is 2. The molecule has 2 fully saturated rings. The van der Waals surface area contributed by atoms with Crippen molar-refractivity contribution in [1.29, 1.82) is 0 Å². The molecular weight excluding hydrogens is 755 g/mol. The lowest BCUT2D eigenvalue weighted by Gasteiger charge is -2.47. The minimum atomic E-state index is -2.44. The van der Waals surface area contributed by atoms with Gasteiger partial charge in [-0.15, -0.1) is 11.8 Å². The topological polar surface area (TPSA) is 237 Å². The van der Waals surface area contributed by atoms with E-state index in [1.165, 1.54) is 17.3 Å². The number of esters is 1. The Labute approximate surface area is 337 Å². The van der Waals surface area contributed by atoms with Crippen LogP contribution >= 0.6 is 11.8 Å². The Morgan fingerprint density at radius 1 is 0.982 bits per heavy atom. The van der Waals surface area contributed by atoms with Crippen molar-refractivity contribution in [2.75, 3.05) is 19.5 Å². The molecule has 2 spiro atoms. The van der Waals surface area contributed by atoms with Crippen LogP contribution in [-0.2, 0) is 35.1 Å². The number of pyridine rings is 1. The summed E-state index contributed by atoms with van der Waals surface area (Å²) >= 11 is 1.41. The summed E-state index contributed by atoms with van der Waals surface area (Å²) in [7, 11) is 1.55. The van der Waals surface area contributed by atoms with Gasteiger partial charge in [0.15, 0.2) is 0 Å². The van der Waals surface area contributed by atoms with Crippen LogP contribution in [0.4, 0.5) is 0 Å². The summed E-state index contributed by atoms with van der Waals surface area (Å²) in [6, 6.07) is 2.71. The first-order valence-corrected chi connectivity index (χ1v) is 21.4. The molecule has 4 aliphatic carbocycles. The van der Waals surface area contributed by atoms with Gasteiger partial charge in [-0.05, 0) is 92.0 Å². The van der Waals surface area contributed by atoms with Gasteiger partial charge in [-0.2, -0.15) is 0 Å². The SMILES string of the molecule is CNCN[C@@](O)(CCC(=O)N[C@@H](CS[C@@H]1C2=C3[C@@H](C=C(Cc4ccncc4)C4(CCCC4)[C@@H]3CCCCCC13CCCC3)C(=O)O2)C(=O)N[C@@H](O)C(=O)O)C(=O)O. The number of hydrogen-bond donors (Lipinski definition) is 8. The van der Waals surface area contributed by atoms with Crippen molar-refractivity contribution in [3.05, 3.63) is 53.1 Å². The molecule has 2 heterocycles. The summed E-state index contributed by atoms with van der Waals surface area (Å²) in [5.74, 6) is -5.09. The number of fused-ring (bicyclic) bond motifs is 1. The smallest absolute Gasteiger partial charge is 0.353 e. The van der Waals surface area contributed by atoms with E-state index < -0.39 is 60.5 Å². The highest BCUT2D eigenvalue weighted by Gasteiger charge is 2.57. The molecule has 1 aromatic rings. The van der Waals surface area contributed by atoms with Crippen LogP contribution in [0.1, 0.15) is 102 Å². The van der Waals surface area contributed by atoms with Crippen molar-refractivity contribution in [1.82, 2.24) is 26.3 Å². The van der Waals surface area contributed by atoms with E-state index in [9.17, 15) is 44.4 Å². The predicted molar refractivity (Wildman–Crippen MR) is 210 cm³/mol. The summed E-state index contributed by atoms with van der Waals surface area (Å²) in [5, 5.41) is 49.1. The zero-order valence-corrected chi connectivity index (χ0v) is 33.4. The van der Waals surface area contributed by atoms with E-state index >= 15 is 0 Å². The fourth-order valence-electron chi connectivity index (χ4n) is 10.2. The molecule has 0 bridgehead atoms. The number of aromatic nitrogens is 1.